The average Bonchev–Trinajstić information content (AvgIpc) is 2.71. The Hall–Kier alpha value is -3.25. The Morgan fingerprint density at radius 3 is 2.32 bits per heavy atom. The number of carbonyl (C=O) groups is 1. The van der Waals surface area contributed by atoms with Crippen LogP contribution in [-0.4, -0.2) is 25.1 Å². The highest BCUT2D eigenvalue weighted by molar-refractivity contribution is 6.31. The normalized spacial score (nSPS) is 10.3. The molecule has 1 heterocycles. The summed E-state index contributed by atoms with van der Waals surface area (Å²) < 4.78 is 10.4. The number of amides is 1. The van der Waals surface area contributed by atoms with E-state index in [-0.39, 0.29) is 11.6 Å². The van der Waals surface area contributed by atoms with Crippen LogP contribution in [0.25, 0.3) is 0 Å². The highest BCUT2D eigenvalue weighted by atomic mass is 35.5. The zero-order valence-electron chi connectivity index (χ0n) is 15.7. The third-order valence-corrected chi connectivity index (χ3v) is 4.51. The number of aromatic nitrogens is 1. The molecule has 0 unspecified atom stereocenters. The maximum atomic E-state index is 12.5. The number of aryl methyl sites for hydroxylation is 1. The van der Waals surface area contributed by atoms with Crippen LogP contribution in [0.4, 0.5) is 17.1 Å². The number of ether oxygens (including phenoxy) is 2. The van der Waals surface area contributed by atoms with E-state index in [4.69, 9.17) is 21.1 Å². The lowest BCUT2D eigenvalue weighted by atomic mass is 10.2. The highest BCUT2D eigenvalue weighted by Gasteiger charge is 2.13. The molecule has 2 N–H and O–H groups in total. The molecule has 7 heteroatoms. The second-order valence-corrected chi connectivity index (χ2v) is 6.45. The van der Waals surface area contributed by atoms with Gasteiger partial charge in [-0.2, -0.15) is 0 Å². The van der Waals surface area contributed by atoms with E-state index < -0.39 is 0 Å². The molecule has 1 amide bonds. The number of pyridine rings is 1. The van der Waals surface area contributed by atoms with E-state index in [1.165, 1.54) is 7.11 Å². The van der Waals surface area contributed by atoms with Gasteiger partial charge in [-0.25, -0.2) is 4.98 Å². The van der Waals surface area contributed by atoms with Crippen LogP contribution in [0.15, 0.2) is 54.7 Å². The van der Waals surface area contributed by atoms with Crippen LogP contribution in [-0.2, 0) is 0 Å². The molecule has 1 aromatic heterocycles. The van der Waals surface area contributed by atoms with Gasteiger partial charge < -0.3 is 20.1 Å². The number of hydrogen-bond acceptors (Lipinski definition) is 5. The SMILES string of the molecule is COc1ccc(Nc2ccc(C(=O)Nc3cc(C)c(Cl)cc3OC)nc2)cc1. The monoisotopic (exact) mass is 397 g/mol. The number of halogens is 1. The average molecular weight is 398 g/mol. The first-order chi connectivity index (χ1) is 13.5. The van der Waals surface area contributed by atoms with Crippen LogP contribution in [0.5, 0.6) is 11.5 Å². The predicted molar refractivity (Wildman–Crippen MR) is 111 cm³/mol. The summed E-state index contributed by atoms with van der Waals surface area (Å²) in [6, 6.07) is 14.4. The standard InChI is InChI=1S/C21H20ClN3O3/c1-13-10-19(20(28-3)11-17(13)22)25-21(26)18-9-6-15(12-23-18)24-14-4-7-16(27-2)8-5-14/h4-12,24H,1-3H3,(H,25,26). The van der Waals surface area contributed by atoms with Crippen LogP contribution >= 0.6 is 11.6 Å². The molecule has 6 nitrogen and oxygen atoms in total. The van der Waals surface area contributed by atoms with Crippen LogP contribution < -0.4 is 20.1 Å². The molecule has 0 saturated heterocycles. The molecule has 3 rings (SSSR count). The number of benzene rings is 2. The molecule has 0 bridgehead atoms. The van der Waals surface area contributed by atoms with Crippen LogP contribution in [0.2, 0.25) is 5.02 Å². The zero-order chi connectivity index (χ0) is 20.1. The van der Waals surface area contributed by atoms with Gasteiger partial charge in [0.1, 0.15) is 17.2 Å². The van der Waals surface area contributed by atoms with Gasteiger partial charge >= 0.3 is 0 Å². The fraction of sp³-hybridized carbons (Fsp3) is 0.143. The van der Waals surface area contributed by atoms with Crippen molar-refractivity contribution in [2.45, 2.75) is 6.92 Å². The number of anilines is 3. The summed E-state index contributed by atoms with van der Waals surface area (Å²) in [6.45, 7) is 1.86. The molecule has 0 aliphatic rings. The van der Waals surface area contributed by atoms with Crippen LogP contribution in [0.3, 0.4) is 0 Å². The van der Waals surface area contributed by atoms with Crippen molar-refractivity contribution in [3.63, 3.8) is 0 Å². The largest absolute Gasteiger partial charge is 0.497 e. The minimum absolute atomic E-state index is 0.287. The Labute approximate surface area is 168 Å². The minimum Gasteiger partial charge on any atom is -0.497 e. The van der Waals surface area contributed by atoms with Crippen molar-refractivity contribution in [3.05, 3.63) is 71.0 Å². The van der Waals surface area contributed by atoms with Gasteiger partial charge in [0.25, 0.3) is 5.91 Å². The Morgan fingerprint density at radius 1 is 1.00 bits per heavy atom. The fourth-order valence-electron chi connectivity index (χ4n) is 2.56. The molecular weight excluding hydrogens is 378 g/mol. The van der Waals surface area contributed by atoms with Crippen molar-refractivity contribution in [3.8, 4) is 11.5 Å². The molecule has 0 aliphatic heterocycles. The first-order valence-corrected chi connectivity index (χ1v) is 8.90. The third-order valence-electron chi connectivity index (χ3n) is 4.10. The van der Waals surface area contributed by atoms with Crippen molar-refractivity contribution >= 4 is 34.6 Å². The van der Waals surface area contributed by atoms with Gasteiger partial charge in [-0.15, -0.1) is 0 Å². The van der Waals surface area contributed by atoms with Crippen LogP contribution in [0, 0.1) is 6.92 Å². The minimum atomic E-state index is -0.337. The van der Waals surface area contributed by atoms with E-state index in [0.29, 0.717) is 16.5 Å². The lowest BCUT2D eigenvalue weighted by molar-refractivity contribution is 0.102. The summed E-state index contributed by atoms with van der Waals surface area (Å²) in [5.74, 6) is 0.932. The highest BCUT2D eigenvalue weighted by Crippen LogP contribution is 2.31. The summed E-state index contributed by atoms with van der Waals surface area (Å²) in [5.41, 5.74) is 3.32. The van der Waals surface area contributed by atoms with E-state index in [0.717, 1.165) is 22.7 Å². The van der Waals surface area contributed by atoms with E-state index >= 15 is 0 Å². The van der Waals surface area contributed by atoms with Crippen molar-refractivity contribution in [1.29, 1.82) is 0 Å². The third kappa shape index (κ3) is 4.53. The molecule has 0 aliphatic carbocycles. The molecule has 0 fully saturated rings. The molecule has 2 aromatic carbocycles. The van der Waals surface area contributed by atoms with E-state index in [2.05, 4.69) is 15.6 Å². The quantitative estimate of drug-likeness (QED) is 0.608. The molecule has 28 heavy (non-hydrogen) atoms. The topological polar surface area (TPSA) is 72.5 Å². The van der Waals surface area contributed by atoms with E-state index in [1.54, 1.807) is 37.6 Å². The number of nitrogens with one attached hydrogen (secondary N) is 2. The molecule has 0 atom stereocenters. The summed E-state index contributed by atoms with van der Waals surface area (Å²) in [6.07, 6.45) is 1.60. The van der Waals surface area contributed by atoms with E-state index in [9.17, 15) is 4.79 Å². The first-order valence-electron chi connectivity index (χ1n) is 8.53. The predicted octanol–water partition coefficient (Wildman–Crippen LogP) is 5.06. The molecule has 0 radical (unpaired) electrons. The number of carbonyl (C=O) groups excluding carboxylic acids is 1. The van der Waals surface area contributed by atoms with Gasteiger partial charge in [-0.05, 0) is 55.0 Å². The van der Waals surface area contributed by atoms with Gasteiger partial charge in [-0.1, -0.05) is 11.6 Å². The lowest BCUT2D eigenvalue weighted by Gasteiger charge is -2.12. The van der Waals surface area contributed by atoms with Gasteiger partial charge in [0.15, 0.2) is 0 Å². The summed E-state index contributed by atoms with van der Waals surface area (Å²) in [5, 5.41) is 6.60. The van der Waals surface area contributed by atoms with Crippen molar-refractivity contribution < 1.29 is 14.3 Å². The van der Waals surface area contributed by atoms with Crippen molar-refractivity contribution in [2.75, 3.05) is 24.9 Å². The maximum absolute atomic E-state index is 12.5. The van der Waals surface area contributed by atoms with Crippen molar-refractivity contribution in [1.82, 2.24) is 4.98 Å². The smallest absolute Gasteiger partial charge is 0.274 e. The molecular formula is C21H20ClN3O3. The van der Waals surface area contributed by atoms with Gasteiger partial charge in [0, 0.05) is 16.8 Å². The summed E-state index contributed by atoms with van der Waals surface area (Å²) in [4.78, 5) is 16.8. The maximum Gasteiger partial charge on any atom is 0.274 e. The first kappa shape index (κ1) is 19.5. The Morgan fingerprint density at radius 2 is 1.71 bits per heavy atom. The molecule has 144 valence electrons. The zero-order valence-corrected chi connectivity index (χ0v) is 16.5. The second kappa shape index (κ2) is 8.63. The van der Waals surface area contributed by atoms with Crippen molar-refractivity contribution in [2.24, 2.45) is 0 Å². The Kier molecular flexibility index (Phi) is 6.01. The summed E-state index contributed by atoms with van der Waals surface area (Å²) >= 11 is 6.10. The number of rotatable bonds is 6. The van der Waals surface area contributed by atoms with Gasteiger partial charge in [-0.3, -0.25) is 4.79 Å². The Bertz CT molecular complexity index is 973. The fourth-order valence-corrected chi connectivity index (χ4v) is 2.71. The summed E-state index contributed by atoms with van der Waals surface area (Å²) in [7, 11) is 3.14. The van der Waals surface area contributed by atoms with E-state index in [1.807, 2.05) is 31.2 Å². The van der Waals surface area contributed by atoms with Gasteiger partial charge in [0.2, 0.25) is 0 Å². The molecule has 3 aromatic rings. The Balaban J connectivity index is 1.70. The second-order valence-electron chi connectivity index (χ2n) is 6.04. The molecule has 0 saturated carbocycles. The van der Waals surface area contributed by atoms with Crippen LogP contribution in [0.1, 0.15) is 16.1 Å². The number of nitrogens with zero attached hydrogens (tertiary/aromatic N) is 1. The lowest BCUT2D eigenvalue weighted by Crippen LogP contribution is -2.14. The number of hydrogen-bond donors (Lipinski definition) is 2. The molecule has 0 spiro atoms. The van der Waals surface area contributed by atoms with Gasteiger partial charge in [0.05, 0.1) is 31.8 Å². The number of methoxy groups -OCH3 is 2.